The van der Waals surface area contributed by atoms with Crippen LogP contribution in [0.5, 0.6) is 0 Å². The molecule has 1 heterocycles. The van der Waals surface area contributed by atoms with Crippen molar-refractivity contribution < 1.29 is 13.2 Å². The highest BCUT2D eigenvalue weighted by molar-refractivity contribution is 8.13. The van der Waals surface area contributed by atoms with Crippen LogP contribution in [0.2, 0.25) is 0 Å². The van der Waals surface area contributed by atoms with Crippen molar-refractivity contribution in [1.29, 1.82) is 0 Å². The minimum absolute atomic E-state index is 0.134. The molecule has 1 N–H and O–H groups in total. The lowest BCUT2D eigenvalue weighted by molar-refractivity contribution is 0.125. The van der Waals surface area contributed by atoms with Gasteiger partial charge in [-0.3, -0.25) is 14.3 Å². The van der Waals surface area contributed by atoms with Crippen molar-refractivity contribution in [1.82, 2.24) is 9.55 Å². The summed E-state index contributed by atoms with van der Waals surface area (Å²) in [5, 5.41) is 0. The standard InChI is InChI=1S/C9H13ClN2O5S/c1-2-4-17-5-3-12-6-7(18(10,15)16)8(13)11-9(12)14/h6H,2-5H2,1H3,(H,11,13,14). The van der Waals surface area contributed by atoms with E-state index in [4.69, 9.17) is 15.4 Å². The van der Waals surface area contributed by atoms with Gasteiger partial charge in [-0.15, -0.1) is 0 Å². The topological polar surface area (TPSA) is 98.2 Å². The highest BCUT2D eigenvalue weighted by atomic mass is 35.7. The van der Waals surface area contributed by atoms with Crippen LogP contribution in [0.3, 0.4) is 0 Å². The summed E-state index contributed by atoms with van der Waals surface area (Å²) >= 11 is 0. The van der Waals surface area contributed by atoms with Gasteiger partial charge in [-0.2, -0.15) is 0 Å². The van der Waals surface area contributed by atoms with Crippen molar-refractivity contribution in [2.75, 3.05) is 13.2 Å². The van der Waals surface area contributed by atoms with Crippen LogP contribution >= 0.6 is 10.7 Å². The van der Waals surface area contributed by atoms with Crippen LogP contribution in [0.4, 0.5) is 0 Å². The molecule has 0 aromatic carbocycles. The van der Waals surface area contributed by atoms with Crippen LogP contribution in [0.25, 0.3) is 0 Å². The summed E-state index contributed by atoms with van der Waals surface area (Å²) in [5.41, 5.74) is -1.73. The normalized spacial score (nSPS) is 11.7. The summed E-state index contributed by atoms with van der Waals surface area (Å²) in [6.45, 7) is 2.85. The molecule has 0 amide bonds. The Bertz CT molecular complexity index is 619. The van der Waals surface area contributed by atoms with E-state index in [9.17, 15) is 18.0 Å². The molecule has 0 bridgehead atoms. The van der Waals surface area contributed by atoms with Crippen molar-refractivity contribution in [3.05, 3.63) is 27.0 Å². The largest absolute Gasteiger partial charge is 0.380 e. The van der Waals surface area contributed by atoms with E-state index in [1.54, 1.807) is 0 Å². The fourth-order valence-electron chi connectivity index (χ4n) is 1.24. The molecule has 7 nitrogen and oxygen atoms in total. The first-order valence-electron chi connectivity index (χ1n) is 5.22. The fraction of sp³-hybridized carbons (Fsp3) is 0.556. The van der Waals surface area contributed by atoms with Crippen LogP contribution < -0.4 is 11.2 Å². The molecule has 0 aliphatic rings. The molecule has 0 spiro atoms. The van der Waals surface area contributed by atoms with Gasteiger partial charge in [0, 0.05) is 23.5 Å². The van der Waals surface area contributed by atoms with E-state index in [1.165, 1.54) is 0 Å². The highest BCUT2D eigenvalue weighted by Crippen LogP contribution is 2.07. The molecule has 0 unspecified atom stereocenters. The van der Waals surface area contributed by atoms with Crippen LogP contribution in [-0.2, 0) is 20.3 Å². The smallest absolute Gasteiger partial charge is 0.328 e. The Morgan fingerprint density at radius 1 is 1.39 bits per heavy atom. The van der Waals surface area contributed by atoms with Gasteiger partial charge in [0.2, 0.25) is 0 Å². The zero-order chi connectivity index (χ0) is 13.8. The summed E-state index contributed by atoms with van der Waals surface area (Å²) in [7, 11) is 0.897. The number of hydrogen-bond donors (Lipinski definition) is 1. The summed E-state index contributed by atoms with van der Waals surface area (Å²) in [6, 6.07) is 0. The number of hydrogen-bond acceptors (Lipinski definition) is 5. The van der Waals surface area contributed by atoms with E-state index in [0.717, 1.165) is 17.2 Å². The quantitative estimate of drug-likeness (QED) is 0.583. The van der Waals surface area contributed by atoms with Gasteiger partial charge in [0.25, 0.3) is 14.6 Å². The first-order chi connectivity index (χ1) is 8.36. The zero-order valence-corrected chi connectivity index (χ0v) is 11.3. The lowest BCUT2D eigenvalue weighted by atomic mass is 10.5. The average molecular weight is 297 g/mol. The molecular formula is C9H13ClN2O5S. The van der Waals surface area contributed by atoms with Crippen LogP contribution in [0.1, 0.15) is 13.3 Å². The highest BCUT2D eigenvalue weighted by Gasteiger charge is 2.17. The molecule has 0 radical (unpaired) electrons. The molecule has 0 saturated heterocycles. The van der Waals surface area contributed by atoms with Gasteiger partial charge in [0.1, 0.15) is 0 Å². The Labute approximate surface area is 108 Å². The number of H-pyrrole nitrogens is 1. The van der Waals surface area contributed by atoms with Crippen molar-refractivity contribution in [3.8, 4) is 0 Å². The lowest BCUT2D eigenvalue weighted by Gasteiger charge is -2.06. The molecular weight excluding hydrogens is 284 g/mol. The number of rotatable bonds is 6. The van der Waals surface area contributed by atoms with Gasteiger partial charge < -0.3 is 4.74 Å². The first kappa shape index (κ1) is 14.9. The minimum atomic E-state index is -4.18. The van der Waals surface area contributed by atoms with E-state index in [2.05, 4.69) is 0 Å². The lowest BCUT2D eigenvalue weighted by Crippen LogP contribution is -2.33. The van der Waals surface area contributed by atoms with Crippen molar-refractivity contribution in [2.45, 2.75) is 24.8 Å². The van der Waals surface area contributed by atoms with Gasteiger partial charge in [0.05, 0.1) is 13.2 Å². The molecule has 1 rings (SSSR count). The summed E-state index contributed by atoms with van der Waals surface area (Å²) < 4.78 is 28.4. The Hall–Kier alpha value is -1.12. The van der Waals surface area contributed by atoms with E-state index >= 15 is 0 Å². The third-order valence-corrected chi connectivity index (χ3v) is 3.38. The molecule has 0 aliphatic carbocycles. The number of nitrogens with one attached hydrogen (secondary N) is 1. The molecule has 0 saturated carbocycles. The Morgan fingerprint density at radius 2 is 2.06 bits per heavy atom. The van der Waals surface area contributed by atoms with Crippen LogP contribution in [0, 0.1) is 0 Å². The Morgan fingerprint density at radius 3 is 2.61 bits per heavy atom. The zero-order valence-electron chi connectivity index (χ0n) is 9.68. The maximum Gasteiger partial charge on any atom is 0.328 e. The summed E-state index contributed by atoms with van der Waals surface area (Å²) in [6.07, 6.45) is 1.75. The molecule has 1 aromatic rings. The van der Waals surface area contributed by atoms with Gasteiger partial charge in [-0.25, -0.2) is 13.2 Å². The van der Waals surface area contributed by atoms with Gasteiger partial charge >= 0.3 is 5.69 Å². The second kappa shape index (κ2) is 6.17. The molecule has 0 atom stereocenters. The molecule has 0 aliphatic heterocycles. The monoisotopic (exact) mass is 296 g/mol. The Balaban J connectivity index is 3.00. The predicted octanol–water partition coefficient (Wildman–Crippen LogP) is -0.109. The fourth-order valence-corrected chi connectivity index (χ4v) is 2.09. The van der Waals surface area contributed by atoms with Gasteiger partial charge in [-0.1, -0.05) is 6.92 Å². The van der Waals surface area contributed by atoms with Crippen LogP contribution in [-0.4, -0.2) is 31.2 Å². The second-order valence-corrected chi connectivity index (χ2v) is 6.03. The van der Waals surface area contributed by atoms with Crippen LogP contribution in [0.15, 0.2) is 20.7 Å². The molecule has 102 valence electrons. The van der Waals surface area contributed by atoms with E-state index < -0.39 is 25.2 Å². The van der Waals surface area contributed by atoms with E-state index in [0.29, 0.717) is 6.61 Å². The second-order valence-electron chi connectivity index (χ2n) is 3.50. The summed E-state index contributed by atoms with van der Waals surface area (Å²) in [4.78, 5) is 23.9. The molecule has 18 heavy (non-hydrogen) atoms. The molecule has 9 heteroatoms. The number of aromatic nitrogens is 2. The third kappa shape index (κ3) is 3.97. The van der Waals surface area contributed by atoms with E-state index in [1.807, 2.05) is 11.9 Å². The molecule has 1 aromatic heterocycles. The predicted molar refractivity (Wildman–Crippen MR) is 65.5 cm³/mol. The number of nitrogens with zero attached hydrogens (tertiary/aromatic N) is 1. The maximum absolute atomic E-state index is 11.4. The molecule has 0 fully saturated rings. The van der Waals surface area contributed by atoms with Gasteiger partial charge in [0.15, 0.2) is 4.90 Å². The first-order valence-corrected chi connectivity index (χ1v) is 7.53. The average Bonchev–Trinajstić information content (AvgIpc) is 2.25. The SMILES string of the molecule is CCCOCCn1cc(S(=O)(=O)Cl)c(=O)[nH]c1=O. The summed E-state index contributed by atoms with van der Waals surface area (Å²) in [5.74, 6) is 0. The maximum atomic E-state index is 11.4. The third-order valence-electron chi connectivity index (χ3n) is 2.07. The van der Waals surface area contributed by atoms with Crippen molar-refractivity contribution in [2.24, 2.45) is 0 Å². The van der Waals surface area contributed by atoms with E-state index in [-0.39, 0.29) is 13.2 Å². The number of ether oxygens (including phenoxy) is 1. The Kier molecular flexibility index (Phi) is 5.12. The number of halogens is 1. The number of aromatic amines is 1. The minimum Gasteiger partial charge on any atom is -0.380 e. The van der Waals surface area contributed by atoms with Crippen molar-refractivity contribution >= 4 is 19.7 Å². The van der Waals surface area contributed by atoms with Gasteiger partial charge in [-0.05, 0) is 6.42 Å². The van der Waals surface area contributed by atoms with Crippen molar-refractivity contribution in [3.63, 3.8) is 0 Å².